The van der Waals surface area contributed by atoms with Crippen molar-refractivity contribution in [3.8, 4) is 16.4 Å². The minimum absolute atomic E-state index is 0.00109. The van der Waals surface area contributed by atoms with Crippen LogP contribution in [-0.2, 0) is 6.42 Å². The highest BCUT2D eigenvalue weighted by atomic mass is 35.5. The fourth-order valence-corrected chi connectivity index (χ4v) is 5.20. The first-order valence-corrected chi connectivity index (χ1v) is 12.1. The summed E-state index contributed by atoms with van der Waals surface area (Å²) < 4.78 is 1.22. The molecule has 0 bridgehead atoms. The molecule has 1 aliphatic carbocycles. The van der Waals surface area contributed by atoms with E-state index in [2.05, 4.69) is 20.3 Å². The molecule has 0 atom stereocenters. The van der Waals surface area contributed by atoms with Crippen LogP contribution in [0.5, 0.6) is 0 Å². The number of ketones is 1. The first-order chi connectivity index (χ1) is 17.1. The van der Waals surface area contributed by atoms with Crippen LogP contribution < -0.4 is 5.56 Å². The summed E-state index contributed by atoms with van der Waals surface area (Å²) in [5, 5.41) is 23.1. The lowest BCUT2D eigenvalue weighted by Gasteiger charge is -2.26. The molecule has 4 aromatic rings. The molecule has 12 heteroatoms. The average Bonchev–Trinajstić information content (AvgIpc) is 3.39. The molecule has 0 fully saturated rings. The van der Waals surface area contributed by atoms with Gasteiger partial charge in [0.25, 0.3) is 5.69 Å². The van der Waals surface area contributed by atoms with Gasteiger partial charge in [-0.15, -0.1) is 10.2 Å². The maximum absolute atomic E-state index is 13.5. The van der Waals surface area contributed by atoms with E-state index in [4.69, 9.17) is 11.6 Å². The number of nitrogens with zero attached hydrogens (tertiary/aromatic N) is 5. The Kier molecular flexibility index (Phi) is 5.89. The molecule has 0 amide bonds. The number of H-pyrrole nitrogens is 1. The highest BCUT2D eigenvalue weighted by Gasteiger charge is 2.34. The normalized spacial score (nSPS) is 14.8. The van der Waals surface area contributed by atoms with Gasteiger partial charge in [-0.3, -0.25) is 24.8 Å². The van der Waals surface area contributed by atoms with Crippen LogP contribution in [0.1, 0.15) is 35.6 Å². The van der Waals surface area contributed by atoms with Crippen molar-refractivity contribution in [3.05, 3.63) is 84.6 Å². The van der Waals surface area contributed by atoms with Crippen molar-refractivity contribution in [2.24, 2.45) is 15.6 Å². The summed E-state index contributed by atoms with van der Waals surface area (Å²) in [7, 11) is 0. The number of nitro groups is 1. The van der Waals surface area contributed by atoms with Crippen LogP contribution in [0, 0.1) is 15.5 Å². The number of thiazole rings is 1. The monoisotopic (exact) mass is 522 g/mol. The Bertz CT molecular complexity index is 1600. The number of aromatic nitrogens is 3. The maximum atomic E-state index is 13.5. The van der Waals surface area contributed by atoms with Crippen LogP contribution in [0.15, 0.2) is 63.6 Å². The Morgan fingerprint density at radius 2 is 1.83 bits per heavy atom. The number of hydrogen-bond donors (Lipinski definition) is 1. The molecule has 0 saturated heterocycles. The Labute approximate surface area is 213 Å². The third-order valence-corrected chi connectivity index (χ3v) is 7.20. The van der Waals surface area contributed by atoms with Crippen molar-refractivity contribution in [3.63, 3.8) is 0 Å². The third-order valence-electron chi connectivity index (χ3n) is 5.76. The molecule has 2 aromatic heterocycles. The number of benzene rings is 2. The van der Waals surface area contributed by atoms with Gasteiger partial charge in [-0.1, -0.05) is 48.9 Å². The van der Waals surface area contributed by atoms with Crippen molar-refractivity contribution in [1.82, 2.24) is 14.8 Å². The highest BCUT2D eigenvalue weighted by molar-refractivity contribution is 7.16. The molecule has 36 heavy (non-hydrogen) atoms. The van der Waals surface area contributed by atoms with E-state index in [9.17, 15) is 19.7 Å². The molecule has 0 spiro atoms. The van der Waals surface area contributed by atoms with Crippen LogP contribution in [0.25, 0.3) is 16.4 Å². The second-order valence-electron chi connectivity index (χ2n) is 9.14. The summed E-state index contributed by atoms with van der Waals surface area (Å²) >= 11 is 7.32. The van der Waals surface area contributed by atoms with Crippen molar-refractivity contribution in [2.45, 2.75) is 26.7 Å². The van der Waals surface area contributed by atoms with E-state index < -0.39 is 10.5 Å². The second-order valence-corrected chi connectivity index (χ2v) is 10.5. The number of nitro benzene ring substituents is 1. The molecular formula is C24H19ClN6O4S. The van der Waals surface area contributed by atoms with Crippen LogP contribution in [0.3, 0.4) is 0 Å². The standard InChI is InChI=1S/C24H19ClN6O4S/c1-24(2)11-17-21(18(32)12-24)36-23(26-17)30-22(33)20(28-27-16-6-4-3-5-15(16)25)19(29-30)13-7-9-14(10-8-13)31(34)35/h3-10,29H,11-12H2,1-2H3. The molecule has 2 aromatic carbocycles. The van der Waals surface area contributed by atoms with Crippen LogP contribution in [-0.4, -0.2) is 25.5 Å². The number of hydrogen-bond acceptors (Lipinski definition) is 8. The quantitative estimate of drug-likeness (QED) is 0.183. The van der Waals surface area contributed by atoms with Crippen LogP contribution in [0.4, 0.5) is 17.1 Å². The number of Topliss-reactive ketones (excluding diaryl/α,β-unsaturated/α-hetero) is 1. The smallest absolute Gasteiger partial charge is 0.293 e. The summed E-state index contributed by atoms with van der Waals surface area (Å²) in [6.07, 6.45) is 1.03. The first-order valence-electron chi connectivity index (χ1n) is 10.9. The van der Waals surface area contributed by atoms with Gasteiger partial charge >= 0.3 is 5.56 Å². The number of halogens is 1. The highest BCUT2D eigenvalue weighted by Crippen LogP contribution is 2.38. The molecule has 2 heterocycles. The number of aromatic amines is 1. The molecule has 5 rings (SSSR count). The molecule has 0 aliphatic heterocycles. The summed E-state index contributed by atoms with van der Waals surface area (Å²) in [4.78, 5) is 41.9. The molecule has 0 saturated carbocycles. The Balaban J connectivity index is 1.65. The summed E-state index contributed by atoms with van der Waals surface area (Å²) in [5.74, 6) is -0.00109. The zero-order chi connectivity index (χ0) is 25.6. The van der Waals surface area contributed by atoms with Crippen LogP contribution >= 0.6 is 22.9 Å². The molecule has 182 valence electrons. The summed E-state index contributed by atoms with van der Waals surface area (Å²) in [6.45, 7) is 4.02. The lowest BCUT2D eigenvalue weighted by Crippen LogP contribution is -2.26. The van der Waals surface area contributed by atoms with Gasteiger partial charge in [-0.25, -0.2) is 4.98 Å². The SMILES string of the molecule is CC1(C)CC(=O)c2sc(-n3[nH]c(-c4ccc([N+](=O)[O-])cc4)c(N=Nc4ccccc4Cl)c3=O)nc2C1. The lowest BCUT2D eigenvalue weighted by molar-refractivity contribution is -0.384. The molecular weight excluding hydrogens is 504 g/mol. The zero-order valence-corrected chi connectivity index (χ0v) is 20.8. The number of fused-ring (bicyclic) bond motifs is 1. The molecule has 10 nitrogen and oxygen atoms in total. The Hall–Kier alpha value is -3.96. The predicted octanol–water partition coefficient (Wildman–Crippen LogP) is 6.42. The van der Waals surface area contributed by atoms with Gasteiger partial charge in [0.15, 0.2) is 11.5 Å². The van der Waals surface area contributed by atoms with Crippen LogP contribution in [0.2, 0.25) is 5.02 Å². The largest absolute Gasteiger partial charge is 0.301 e. The number of carbonyl (C=O) groups excluding carboxylic acids is 1. The van der Waals surface area contributed by atoms with Crippen molar-refractivity contribution >= 4 is 45.8 Å². The minimum atomic E-state index is -0.531. The van der Waals surface area contributed by atoms with Gasteiger partial charge in [-0.05, 0) is 36.1 Å². The summed E-state index contributed by atoms with van der Waals surface area (Å²) in [6, 6.07) is 12.5. The topological polar surface area (TPSA) is 136 Å². The minimum Gasteiger partial charge on any atom is -0.293 e. The van der Waals surface area contributed by atoms with E-state index in [0.29, 0.717) is 50.5 Å². The number of azo groups is 1. The van der Waals surface area contributed by atoms with E-state index in [1.54, 1.807) is 24.3 Å². The fraction of sp³-hybridized carbons (Fsp3) is 0.208. The molecule has 0 unspecified atom stereocenters. The van der Waals surface area contributed by atoms with E-state index in [1.807, 2.05) is 13.8 Å². The van der Waals surface area contributed by atoms with E-state index >= 15 is 0 Å². The van der Waals surface area contributed by atoms with Gasteiger partial charge < -0.3 is 0 Å². The number of carbonyl (C=O) groups is 1. The van der Waals surface area contributed by atoms with E-state index in [1.165, 1.54) is 28.9 Å². The zero-order valence-electron chi connectivity index (χ0n) is 19.2. The Morgan fingerprint density at radius 3 is 2.53 bits per heavy atom. The average molecular weight is 523 g/mol. The molecule has 1 aliphatic rings. The maximum Gasteiger partial charge on any atom is 0.301 e. The van der Waals surface area contributed by atoms with Crippen molar-refractivity contribution < 1.29 is 9.72 Å². The third kappa shape index (κ3) is 4.38. The number of non-ortho nitro benzene ring substituents is 1. The summed E-state index contributed by atoms with van der Waals surface area (Å²) in [5.41, 5.74) is 0.962. The van der Waals surface area contributed by atoms with E-state index in [-0.39, 0.29) is 22.6 Å². The van der Waals surface area contributed by atoms with E-state index in [0.717, 1.165) is 11.3 Å². The first kappa shape index (κ1) is 23.8. The van der Waals surface area contributed by atoms with Gasteiger partial charge in [0.05, 0.1) is 26.2 Å². The fourth-order valence-electron chi connectivity index (χ4n) is 4.05. The lowest BCUT2D eigenvalue weighted by atomic mass is 9.78. The molecule has 0 radical (unpaired) electrons. The van der Waals surface area contributed by atoms with Gasteiger partial charge in [0.2, 0.25) is 5.13 Å². The number of rotatable bonds is 5. The van der Waals surface area contributed by atoms with Gasteiger partial charge in [-0.2, -0.15) is 4.68 Å². The van der Waals surface area contributed by atoms with Gasteiger partial charge in [0, 0.05) is 24.1 Å². The number of nitrogens with one attached hydrogen (secondary N) is 1. The Morgan fingerprint density at radius 1 is 1.11 bits per heavy atom. The second kappa shape index (κ2) is 8.92. The molecule has 1 N–H and O–H groups in total. The van der Waals surface area contributed by atoms with Crippen molar-refractivity contribution in [1.29, 1.82) is 0 Å². The predicted molar refractivity (Wildman–Crippen MR) is 136 cm³/mol. The van der Waals surface area contributed by atoms with Crippen molar-refractivity contribution in [2.75, 3.05) is 0 Å². The van der Waals surface area contributed by atoms with Gasteiger partial charge in [0.1, 0.15) is 5.69 Å².